The number of benzene rings is 1. The van der Waals surface area contributed by atoms with E-state index >= 15 is 0 Å². The van der Waals surface area contributed by atoms with Gasteiger partial charge in [0.2, 0.25) is 0 Å². The average Bonchev–Trinajstić information content (AvgIpc) is 2.55. The summed E-state index contributed by atoms with van der Waals surface area (Å²) < 4.78 is 10.4. The molecule has 1 aliphatic carbocycles. The number of esters is 1. The number of methoxy groups -OCH3 is 2. The predicted molar refractivity (Wildman–Crippen MR) is 87.0 cm³/mol. The molecule has 1 N–H and O–H groups in total. The van der Waals surface area contributed by atoms with Crippen LogP contribution in [0.1, 0.15) is 54.6 Å². The van der Waals surface area contributed by atoms with E-state index in [0.29, 0.717) is 11.7 Å². The summed E-state index contributed by atoms with van der Waals surface area (Å²) in [6.07, 6.45) is 4.92. The summed E-state index contributed by atoms with van der Waals surface area (Å²) in [6, 6.07) is 7.95. The molecular weight excluding hydrogens is 278 g/mol. The van der Waals surface area contributed by atoms with Crippen molar-refractivity contribution in [3.63, 3.8) is 0 Å². The Kier molecular flexibility index (Phi) is 5.59. The topological polar surface area (TPSA) is 47.6 Å². The van der Waals surface area contributed by atoms with E-state index < -0.39 is 0 Å². The maximum atomic E-state index is 11.5. The van der Waals surface area contributed by atoms with E-state index in [1.54, 1.807) is 0 Å². The highest BCUT2D eigenvalue weighted by Gasteiger charge is 2.46. The molecule has 1 saturated carbocycles. The van der Waals surface area contributed by atoms with Gasteiger partial charge >= 0.3 is 5.97 Å². The third-order valence-electron chi connectivity index (χ3n) is 5.27. The lowest BCUT2D eigenvalue weighted by molar-refractivity contribution is -0.102. The van der Waals surface area contributed by atoms with Gasteiger partial charge in [0.1, 0.15) is 0 Å². The molecule has 0 spiro atoms. The van der Waals surface area contributed by atoms with Crippen LogP contribution in [-0.4, -0.2) is 33.3 Å². The first-order chi connectivity index (χ1) is 10.6. The van der Waals surface area contributed by atoms with Crippen molar-refractivity contribution in [3.05, 3.63) is 35.4 Å². The molecule has 1 aliphatic rings. The zero-order chi connectivity index (χ0) is 16.2. The summed E-state index contributed by atoms with van der Waals surface area (Å²) in [7, 11) is 5.20. The van der Waals surface area contributed by atoms with Gasteiger partial charge in [0.15, 0.2) is 0 Å². The quantitative estimate of drug-likeness (QED) is 0.785. The molecule has 0 saturated heterocycles. The van der Waals surface area contributed by atoms with Crippen LogP contribution < -0.4 is 5.32 Å². The lowest BCUT2D eigenvalue weighted by Gasteiger charge is -2.50. The van der Waals surface area contributed by atoms with Gasteiger partial charge in [-0.1, -0.05) is 19.1 Å². The van der Waals surface area contributed by atoms with Crippen molar-refractivity contribution in [2.24, 2.45) is 5.41 Å². The monoisotopic (exact) mass is 305 g/mol. The molecule has 0 bridgehead atoms. The first kappa shape index (κ1) is 17.0. The summed E-state index contributed by atoms with van der Waals surface area (Å²) in [6.45, 7) is 2.25. The Morgan fingerprint density at radius 1 is 1.36 bits per heavy atom. The van der Waals surface area contributed by atoms with Gasteiger partial charge in [0, 0.05) is 13.2 Å². The number of carbonyl (C=O) groups is 1. The van der Waals surface area contributed by atoms with Crippen LogP contribution in [0.5, 0.6) is 0 Å². The van der Waals surface area contributed by atoms with Crippen molar-refractivity contribution in [3.8, 4) is 0 Å². The van der Waals surface area contributed by atoms with Crippen molar-refractivity contribution < 1.29 is 14.3 Å². The SMILES string of the molecule is CCC1(CC(NC)c2ccc(C(=O)OC)cc2)CCC1OC. The minimum Gasteiger partial charge on any atom is -0.465 e. The summed E-state index contributed by atoms with van der Waals surface area (Å²) in [4.78, 5) is 11.5. The van der Waals surface area contributed by atoms with E-state index in [2.05, 4.69) is 12.2 Å². The molecule has 122 valence electrons. The molecule has 0 heterocycles. The Morgan fingerprint density at radius 2 is 2.05 bits per heavy atom. The largest absolute Gasteiger partial charge is 0.465 e. The molecule has 0 aromatic heterocycles. The summed E-state index contributed by atoms with van der Waals surface area (Å²) in [5.41, 5.74) is 2.05. The number of hydrogen-bond acceptors (Lipinski definition) is 4. The zero-order valence-electron chi connectivity index (χ0n) is 14.0. The van der Waals surface area contributed by atoms with Crippen molar-refractivity contribution in [2.45, 2.75) is 44.8 Å². The standard InChI is InChI=1S/C18H27NO3/c1-5-18(11-10-16(18)21-3)12-15(19-2)13-6-8-14(9-7-13)17(20)22-4/h6-9,15-16,19H,5,10-12H2,1-4H3. The van der Waals surface area contributed by atoms with E-state index in [1.807, 2.05) is 38.4 Å². The van der Waals surface area contributed by atoms with Gasteiger partial charge in [-0.15, -0.1) is 0 Å². The minimum absolute atomic E-state index is 0.267. The number of hydrogen-bond donors (Lipinski definition) is 1. The van der Waals surface area contributed by atoms with E-state index in [4.69, 9.17) is 9.47 Å². The fourth-order valence-corrected chi connectivity index (χ4v) is 3.58. The fraction of sp³-hybridized carbons (Fsp3) is 0.611. The molecule has 4 nitrogen and oxygen atoms in total. The lowest BCUT2D eigenvalue weighted by Crippen LogP contribution is -2.47. The molecule has 0 amide bonds. The maximum absolute atomic E-state index is 11.5. The van der Waals surface area contributed by atoms with Crippen molar-refractivity contribution in [2.75, 3.05) is 21.3 Å². The van der Waals surface area contributed by atoms with E-state index in [-0.39, 0.29) is 17.4 Å². The Balaban J connectivity index is 2.13. The molecule has 0 radical (unpaired) electrons. The lowest BCUT2D eigenvalue weighted by atomic mass is 9.61. The Bertz CT molecular complexity index is 494. The van der Waals surface area contributed by atoms with Gasteiger partial charge in [-0.05, 0) is 55.8 Å². The smallest absolute Gasteiger partial charge is 0.337 e. The highest BCUT2D eigenvalue weighted by molar-refractivity contribution is 5.89. The van der Waals surface area contributed by atoms with Crippen LogP contribution in [0.3, 0.4) is 0 Å². The van der Waals surface area contributed by atoms with Crippen LogP contribution in [-0.2, 0) is 9.47 Å². The predicted octanol–water partition coefficient (Wildman–Crippen LogP) is 3.33. The van der Waals surface area contributed by atoms with Crippen LogP contribution in [0.4, 0.5) is 0 Å². The van der Waals surface area contributed by atoms with Gasteiger partial charge in [-0.2, -0.15) is 0 Å². The third-order valence-corrected chi connectivity index (χ3v) is 5.27. The molecule has 22 heavy (non-hydrogen) atoms. The number of rotatable bonds is 7. The summed E-state index contributed by atoms with van der Waals surface area (Å²) >= 11 is 0. The summed E-state index contributed by atoms with van der Waals surface area (Å²) in [5.74, 6) is -0.295. The molecule has 3 atom stereocenters. The highest BCUT2D eigenvalue weighted by Crippen LogP contribution is 2.51. The van der Waals surface area contributed by atoms with Crippen LogP contribution in [0.25, 0.3) is 0 Å². The maximum Gasteiger partial charge on any atom is 0.337 e. The highest BCUT2D eigenvalue weighted by atomic mass is 16.5. The first-order valence-corrected chi connectivity index (χ1v) is 7.98. The average molecular weight is 305 g/mol. The molecule has 4 heteroatoms. The second-order valence-electron chi connectivity index (χ2n) is 6.14. The van der Waals surface area contributed by atoms with Gasteiger partial charge in [-0.3, -0.25) is 0 Å². The first-order valence-electron chi connectivity index (χ1n) is 7.98. The normalized spacial score (nSPS) is 25.4. The third kappa shape index (κ3) is 3.18. The van der Waals surface area contributed by atoms with Gasteiger partial charge < -0.3 is 14.8 Å². The van der Waals surface area contributed by atoms with Crippen LogP contribution in [0.2, 0.25) is 0 Å². The van der Waals surface area contributed by atoms with Gasteiger partial charge in [0.25, 0.3) is 0 Å². The van der Waals surface area contributed by atoms with Crippen molar-refractivity contribution in [1.82, 2.24) is 5.32 Å². The van der Waals surface area contributed by atoms with Crippen LogP contribution in [0, 0.1) is 5.41 Å². The zero-order valence-corrected chi connectivity index (χ0v) is 14.0. The van der Waals surface area contributed by atoms with Crippen molar-refractivity contribution in [1.29, 1.82) is 0 Å². The number of nitrogens with one attached hydrogen (secondary N) is 1. The molecule has 1 fully saturated rings. The molecular formula is C18H27NO3. The van der Waals surface area contributed by atoms with E-state index in [1.165, 1.54) is 19.1 Å². The van der Waals surface area contributed by atoms with E-state index in [9.17, 15) is 4.79 Å². The Hall–Kier alpha value is -1.39. The van der Waals surface area contributed by atoms with Crippen LogP contribution >= 0.6 is 0 Å². The molecule has 1 aromatic carbocycles. The Morgan fingerprint density at radius 3 is 2.45 bits per heavy atom. The molecule has 1 aromatic rings. The Labute approximate surface area is 133 Å². The van der Waals surface area contributed by atoms with Crippen molar-refractivity contribution >= 4 is 5.97 Å². The fourth-order valence-electron chi connectivity index (χ4n) is 3.58. The molecule has 3 unspecified atom stereocenters. The molecule has 2 rings (SSSR count). The number of carbonyl (C=O) groups excluding carboxylic acids is 1. The second-order valence-corrected chi connectivity index (χ2v) is 6.14. The van der Waals surface area contributed by atoms with Crippen LogP contribution in [0.15, 0.2) is 24.3 Å². The summed E-state index contributed by atoms with van der Waals surface area (Å²) in [5, 5.41) is 3.41. The van der Waals surface area contributed by atoms with E-state index in [0.717, 1.165) is 19.3 Å². The number of ether oxygens (including phenoxy) is 2. The molecule has 0 aliphatic heterocycles. The second kappa shape index (κ2) is 7.25. The van der Waals surface area contributed by atoms with Gasteiger partial charge in [-0.25, -0.2) is 4.79 Å². The minimum atomic E-state index is -0.295. The van der Waals surface area contributed by atoms with Gasteiger partial charge in [0.05, 0.1) is 18.8 Å².